The number of hydrogen-bond donors (Lipinski definition) is 1. The van der Waals surface area contributed by atoms with Crippen molar-refractivity contribution in [1.82, 2.24) is 5.32 Å². The highest BCUT2D eigenvalue weighted by Crippen LogP contribution is 2.47. The van der Waals surface area contributed by atoms with Crippen LogP contribution < -0.4 is 10.1 Å². The molecule has 1 fully saturated rings. The predicted octanol–water partition coefficient (Wildman–Crippen LogP) is 3.02. The van der Waals surface area contributed by atoms with E-state index in [9.17, 15) is 0 Å². The van der Waals surface area contributed by atoms with Crippen molar-refractivity contribution in [3.05, 3.63) is 29.8 Å². The standard InChI is InChI=1S/C15H23NO/c1-12(15(2)9-10-15)16-11-8-13-4-6-14(17-3)7-5-13/h4-7,12,16H,8-11H2,1-3H3. The van der Waals surface area contributed by atoms with Crippen LogP contribution in [0, 0.1) is 5.41 Å². The van der Waals surface area contributed by atoms with Gasteiger partial charge in [-0.1, -0.05) is 19.1 Å². The summed E-state index contributed by atoms with van der Waals surface area (Å²) < 4.78 is 5.15. The first-order valence-electron chi connectivity index (χ1n) is 6.50. The first-order chi connectivity index (χ1) is 8.14. The fourth-order valence-electron chi connectivity index (χ4n) is 2.10. The van der Waals surface area contributed by atoms with Crippen LogP contribution in [0.15, 0.2) is 24.3 Å². The molecular weight excluding hydrogens is 210 g/mol. The zero-order valence-corrected chi connectivity index (χ0v) is 11.1. The van der Waals surface area contributed by atoms with Gasteiger partial charge in [0.2, 0.25) is 0 Å². The van der Waals surface area contributed by atoms with Crippen molar-refractivity contribution in [1.29, 1.82) is 0 Å². The van der Waals surface area contributed by atoms with Gasteiger partial charge in [0, 0.05) is 6.04 Å². The smallest absolute Gasteiger partial charge is 0.118 e. The minimum Gasteiger partial charge on any atom is -0.497 e. The lowest BCUT2D eigenvalue weighted by molar-refractivity contribution is 0.383. The zero-order valence-electron chi connectivity index (χ0n) is 11.1. The van der Waals surface area contributed by atoms with Gasteiger partial charge in [0.25, 0.3) is 0 Å². The van der Waals surface area contributed by atoms with Gasteiger partial charge in [0.15, 0.2) is 0 Å². The SMILES string of the molecule is COc1ccc(CCNC(C)C2(C)CC2)cc1. The topological polar surface area (TPSA) is 21.3 Å². The Bertz CT molecular complexity index is 354. The van der Waals surface area contributed by atoms with Crippen molar-refractivity contribution in [2.75, 3.05) is 13.7 Å². The highest BCUT2D eigenvalue weighted by atomic mass is 16.5. The van der Waals surface area contributed by atoms with Crippen molar-refractivity contribution >= 4 is 0 Å². The third-order valence-corrected chi connectivity index (χ3v) is 4.11. The lowest BCUT2D eigenvalue weighted by Crippen LogP contribution is -2.34. The van der Waals surface area contributed by atoms with E-state index in [1.807, 2.05) is 12.1 Å². The zero-order chi connectivity index (χ0) is 12.3. The van der Waals surface area contributed by atoms with Crippen LogP contribution in [-0.4, -0.2) is 19.7 Å². The van der Waals surface area contributed by atoms with E-state index in [0.29, 0.717) is 11.5 Å². The van der Waals surface area contributed by atoms with E-state index < -0.39 is 0 Å². The van der Waals surface area contributed by atoms with Crippen LogP contribution in [0.5, 0.6) is 5.75 Å². The average molecular weight is 233 g/mol. The third-order valence-electron chi connectivity index (χ3n) is 4.11. The molecule has 17 heavy (non-hydrogen) atoms. The van der Waals surface area contributed by atoms with E-state index in [0.717, 1.165) is 18.7 Å². The molecule has 1 aliphatic carbocycles. The maximum atomic E-state index is 5.15. The number of methoxy groups -OCH3 is 1. The Kier molecular flexibility index (Phi) is 3.72. The number of benzene rings is 1. The molecule has 0 bridgehead atoms. The lowest BCUT2D eigenvalue weighted by atomic mass is 10.0. The van der Waals surface area contributed by atoms with Crippen molar-refractivity contribution in [2.24, 2.45) is 5.41 Å². The molecule has 1 saturated carbocycles. The molecule has 2 rings (SSSR count). The molecule has 1 atom stereocenters. The molecule has 2 heteroatoms. The molecule has 0 radical (unpaired) electrons. The number of hydrogen-bond acceptors (Lipinski definition) is 2. The summed E-state index contributed by atoms with van der Waals surface area (Å²) in [6, 6.07) is 8.98. The minimum absolute atomic E-state index is 0.569. The fourth-order valence-corrected chi connectivity index (χ4v) is 2.10. The van der Waals surface area contributed by atoms with Crippen LogP contribution in [0.25, 0.3) is 0 Å². The van der Waals surface area contributed by atoms with Gasteiger partial charge in [-0.05, 0) is 55.8 Å². The Morgan fingerprint density at radius 2 is 1.94 bits per heavy atom. The van der Waals surface area contributed by atoms with E-state index in [2.05, 4.69) is 31.3 Å². The lowest BCUT2D eigenvalue weighted by Gasteiger charge is -2.20. The Labute approximate surface area is 104 Å². The van der Waals surface area contributed by atoms with Crippen LogP contribution in [0.1, 0.15) is 32.3 Å². The molecule has 1 aliphatic rings. The Morgan fingerprint density at radius 3 is 2.47 bits per heavy atom. The van der Waals surface area contributed by atoms with Gasteiger partial charge in [-0.3, -0.25) is 0 Å². The summed E-state index contributed by atoms with van der Waals surface area (Å²) in [5, 5.41) is 3.63. The minimum atomic E-state index is 0.569. The summed E-state index contributed by atoms with van der Waals surface area (Å²) in [5.74, 6) is 0.931. The first kappa shape index (κ1) is 12.4. The van der Waals surface area contributed by atoms with E-state index >= 15 is 0 Å². The molecule has 0 saturated heterocycles. The van der Waals surface area contributed by atoms with Crippen LogP contribution in [0.3, 0.4) is 0 Å². The van der Waals surface area contributed by atoms with Crippen molar-refractivity contribution in [3.63, 3.8) is 0 Å². The average Bonchev–Trinajstić information content (AvgIpc) is 3.09. The van der Waals surface area contributed by atoms with Gasteiger partial charge in [0.05, 0.1) is 7.11 Å². The summed E-state index contributed by atoms with van der Waals surface area (Å²) in [7, 11) is 1.70. The van der Waals surface area contributed by atoms with Crippen molar-refractivity contribution in [3.8, 4) is 5.75 Å². The monoisotopic (exact) mass is 233 g/mol. The van der Waals surface area contributed by atoms with Crippen molar-refractivity contribution in [2.45, 2.75) is 39.2 Å². The second-order valence-electron chi connectivity index (χ2n) is 5.43. The molecular formula is C15H23NO. The summed E-state index contributed by atoms with van der Waals surface area (Å²) in [6.45, 7) is 5.74. The molecule has 0 aliphatic heterocycles. The summed E-state index contributed by atoms with van der Waals surface area (Å²) in [5.41, 5.74) is 1.94. The number of nitrogens with one attached hydrogen (secondary N) is 1. The molecule has 1 unspecified atom stereocenters. The molecule has 1 aromatic rings. The maximum absolute atomic E-state index is 5.15. The maximum Gasteiger partial charge on any atom is 0.118 e. The summed E-state index contributed by atoms with van der Waals surface area (Å²) in [6.07, 6.45) is 3.85. The van der Waals surface area contributed by atoms with Gasteiger partial charge in [-0.2, -0.15) is 0 Å². The van der Waals surface area contributed by atoms with Gasteiger partial charge in [-0.15, -0.1) is 0 Å². The van der Waals surface area contributed by atoms with Crippen molar-refractivity contribution < 1.29 is 4.74 Å². The van der Waals surface area contributed by atoms with Crippen LogP contribution in [-0.2, 0) is 6.42 Å². The second kappa shape index (κ2) is 5.09. The first-order valence-corrected chi connectivity index (χ1v) is 6.50. The van der Waals surface area contributed by atoms with Crippen LogP contribution >= 0.6 is 0 Å². The number of ether oxygens (including phenoxy) is 1. The number of rotatable bonds is 6. The van der Waals surface area contributed by atoms with Crippen LogP contribution in [0.4, 0.5) is 0 Å². The quantitative estimate of drug-likeness (QED) is 0.815. The molecule has 94 valence electrons. The predicted molar refractivity (Wildman–Crippen MR) is 71.5 cm³/mol. The third kappa shape index (κ3) is 3.22. The molecule has 0 spiro atoms. The molecule has 0 heterocycles. The molecule has 1 N–H and O–H groups in total. The van der Waals surface area contributed by atoms with Crippen LogP contribution in [0.2, 0.25) is 0 Å². The molecule has 1 aromatic carbocycles. The second-order valence-corrected chi connectivity index (χ2v) is 5.43. The van der Waals surface area contributed by atoms with Gasteiger partial charge < -0.3 is 10.1 Å². The largest absolute Gasteiger partial charge is 0.497 e. The highest BCUT2D eigenvalue weighted by Gasteiger charge is 2.41. The van der Waals surface area contributed by atoms with Gasteiger partial charge >= 0.3 is 0 Å². The molecule has 0 amide bonds. The molecule has 0 aromatic heterocycles. The van der Waals surface area contributed by atoms with E-state index in [1.54, 1.807) is 7.11 Å². The Balaban J connectivity index is 1.74. The van der Waals surface area contributed by atoms with Gasteiger partial charge in [0.1, 0.15) is 5.75 Å². The van der Waals surface area contributed by atoms with Gasteiger partial charge in [-0.25, -0.2) is 0 Å². The summed E-state index contributed by atoms with van der Waals surface area (Å²) >= 11 is 0. The van der Waals surface area contributed by atoms with E-state index in [1.165, 1.54) is 18.4 Å². The Morgan fingerprint density at radius 1 is 1.29 bits per heavy atom. The fraction of sp³-hybridized carbons (Fsp3) is 0.600. The highest BCUT2D eigenvalue weighted by molar-refractivity contribution is 5.27. The summed E-state index contributed by atoms with van der Waals surface area (Å²) in [4.78, 5) is 0. The Hall–Kier alpha value is -1.02. The van der Waals surface area contributed by atoms with E-state index in [4.69, 9.17) is 4.74 Å². The normalized spacial score (nSPS) is 18.8. The van der Waals surface area contributed by atoms with E-state index in [-0.39, 0.29) is 0 Å². The molecule has 2 nitrogen and oxygen atoms in total.